The summed E-state index contributed by atoms with van der Waals surface area (Å²) in [4.78, 5) is 12.3. The summed E-state index contributed by atoms with van der Waals surface area (Å²) < 4.78 is 0. The Hall–Kier alpha value is -2.80. The van der Waals surface area contributed by atoms with Crippen molar-refractivity contribution < 1.29 is 4.79 Å². The molecular weight excluding hydrogens is 274 g/mol. The molecule has 2 aromatic rings. The van der Waals surface area contributed by atoms with E-state index in [1.54, 1.807) is 24.3 Å². The van der Waals surface area contributed by atoms with Crippen molar-refractivity contribution in [3.8, 4) is 6.07 Å². The van der Waals surface area contributed by atoms with Gasteiger partial charge in [-0.1, -0.05) is 18.2 Å². The zero-order chi connectivity index (χ0) is 16.1. The van der Waals surface area contributed by atoms with Crippen molar-refractivity contribution in [3.63, 3.8) is 0 Å². The van der Waals surface area contributed by atoms with Crippen molar-refractivity contribution in [2.24, 2.45) is 0 Å². The van der Waals surface area contributed by atoms with Crippen molar-refractivity contribution in [3.05, 3.63) is 59.2 Å². The number of amides is 1. The highest BCUT2D eigenvalue weighted by molar-refractivity contribution is 5.96. The smallest absolute Gasteiger partial charge is 0.246 e. The van der Waals surface area contributed by atoms with Gasteiger partial charge < -0.3 is 10.6 Å². The van der Waals surface area contributed by atoms with Crippen molar-refractivity contribution >= 4 is 17.3 Å². The van der Waals surface area contributed by atoms with Crippen LogP contribution in [0.5, 0.6) is 0 Å². The van der Waals surface area contributed by atoms with Crippen molar-refractivity contribution in [1.29, 1.82) is 5.26 Å². The highest BCUT2D eigenvalue weighted by atomic mass is 16.2. The van der Waals surface area contributed by atoms with Crippen LogP contribution in [0, 0.1) is 25.2 Å². The Morgan fingerprint density at radius 3 is 2.68 bits per heavy atom. The van der Waals surface area contributed by atoms with Crippen LogP contribution in [-0.2, 0) is 4.79 Å². The molecule has 0 fully saturated rings. The number of hydrogen-bond acceptors (Lipinski definition) is 3. The number of nitrogens with one attached hydrogen (secondary N) is 2. The maximum atomic E-state index is 12.3. The molecule has 0 bridgehead atoms. The summed E-state index contributed by atoms with van der Waals surface area (Å²) in [6.45, 7) is 5.83. The molecule has 4 heteroatoms. The van der Waals surface area contributed by atoms with Crippen LogP contribution >= 0.6 is 0 Å². The third-order valence-corrected chi connectivity index (χ3v) is 3.42. The number of carbonyl (C=O) groups is 1. The molecule has 2 aromatic carbocycles. The predicted octanol–water partition coefficient (Wildman–Crippen LogP) is 3.61. The molecule has 22 heavy (non-hydrogen) atoms. The number of carbonyl (C=O) groups excluding carboxylic acids is 1. The number of anilines is 2. The fraction of sp³-hybridized carbons (Fsp3) is 0.222. The van der Waals surface area contributed by atoms with Crippen LogP contribution < -0.4 is 10.6 Å². The number of rotatable bonds is 4. The van der Waals surface area contributed by atoms with E-state index >= 15 is 0 Å². The van der Waals surface area contributed by atoms with Gasteiger partial charge in [0, 0.05) is 11.4 Å². The second kappa shape index (κ2) is 6.77. The summed E-state index contributed by atoms with van der Waals surface area (Å²) in [5, 5.41) is 14.9. The van der Waals surface area contributed by atoms with Crippen molar-refractivity contribution in [1.82, 2.24) is 0 Å². The lowest BCUT2D eigenvalue weighted by Gasteiger charge is -2.17. The number of hydrogen-bond donors (Lipinski definition) is 2. The lowest BCUT2D eigenvalue weighted by Crippen LogP contribution is -2.32. The Kier molecular flexibility index (Phi) is 4.80. The van der Waals surface area contributed by atoms with Gasteiger partial charge in [0.25, 0.3) is 0 Å². The average molecular weight is 293 g/mol. The molecule has 0 saturated carbocycles. The van der Waals surface area contributed by atoms with Gasteiger partial charge in [-0.05, 0) is 56.2 Å². The maximum absolute atomic E-state index is 12.3. The third kappa shape index (κ3) is 3.86. The van der Waals surface area contributed by atoms with Gasteiger partial charge in [-0.15, -0.1) is 0 Å². The van der Waals surface area contributed by atoms with Gasteiger partial charge in [-0.2, -0.15) is 5.26 Å². The van der Waals surface area contributed by atoms with Gasteiger partial charge in [0.1, 0.15) is 6.04 Å². The van der Waals surface area contributed by atoms with Crippen LogP contribution in [0.1, 0.15) is 23.6 Å². The van der Waals surface area contributed by atoms with E-state index in [-0.39, 0.29) is 11.9 Å². The summed E-state index contributed by atoms with van der Waals surface area (Å²) in [6.07, 6.45) is 0. The minimum absolute atomic E-state index is 0.143. The van der Waals surface area contributed by atoms with Gasteiger partial charge in [-0.25, -0.2) is 0 Å². The summed E-state index contributed by atoms with van der Waals surface area (Å²) >= 11 is 0. The Morgan fingerprint density at radius 1 is 1.18 bits per heavy atom. The van der Waals surface area contributed by atoms with Gasteiger partial charge in [0.15, 0.2) is 0 Å². The number of nitriles is 1. The first-order valence-corrected chi connectivity index (χ1v) is 7.14. The van der Waals surface area contributed by atoms with Crippen molar-refractivity contribution in [2.45, 2.75) is 26.8 Å². The highest BCUT2D eigenvalue weighted by Crippen LogP contribution is 2.18. The molecule has 0 aliphatic rings. The van der Waals surface area contributed by atoms with E-state index in [1.165, 1.54) is 0 Å². The van der Waals surface area contributed by atoms with Crippen LogP contribution in [0.2, 0.25) is 0 Å². The van der Waals surface area contributed by atoms with Crippen LogP contribution in [0.4, 0.5) is 11.4 Å². The molecule has 0 saturated heterocycles. The van der Waals surface area contributed by atoms with E-state index in [1.807, 2.05) is 39.0 Å². The number of nitrogens with zero attached hydrogens (tertiary/aromatic N) is 1. The van der Waals surface area contributed by atoms with E-state index in [4.69, 9.17) is 5.26 Å². The molecule has 4 nitrogen and oxygen atoms in total. The topological polar surface area (TPSA) is 64.9 Å². The van der Waals surface area contributed by atoms with E-state index in [0.29, 0.717) is 11.3 Å². The van der Waals surface area contributed by atoms with Crippen molar-refractivity contribution in [2.75, 3.05) is 10.6 Å². The Labute approximate surface area is 130 Å². The number of aryl methyl sites for hydroxylation is 2. The van der Waals surface area contributed by atoms with Crippen LogP contribution in [-0.4, -0.2) is 11.9 Å². The molecule has 2 N–H and O–H groups in total. The van der Waals surface area contributed by atoms with Gasteiger partial charge in [-0.3, -0.25) is 4.79 Å². The molecule has 0 aliphatic carbocycles. The monoisotopic (exact) mass is 293 g/mol. The Morgan fingerprint density at radius 2 is 1.95 bits per heavy atom. The quantitative estimate of drug-likeness (QED) is 0.905. The molecule has 1 amide bonds. The summed E-state index contributed by atoms with van der Waals surface area (Å²) in [7, 11) is 0. The zero-order valence-corrected chi connectivity index (χ0v) is 13.0. The molecule has 0 heterocycles. The Bertz CT molecular complexity index is 731. The van der Waals surface area contributed by atoms with Gasteiger partial charge >= 0.3 is 0 Å². The lowest BCUT2D eigenvalue weighted by atomic mass is 10.1. The summed E-state index contributed by atoms with van der Waals surface area (Å²) in [6, 6.07) is 14.6. The van der Waals surface area contributed by atoms with Crippen LogP contribution in [0.15, 0.2) is 42.5 Å². The zero-order valence-electron chi connectivity index (χ0n) is 13.0. The molecule has 0 unspecified atom stereocenters. The van der Waals surface area contributed by atoms with Gasteiger partial charge in [0.05, 0.1) is 11.6 Å². The van der Waals surface area contributed by atoms with Gasteiger partial charge in [0.2, 0.25) is 5.91 Å². The summed E-state index contributed by atoms with van der Waals surface area (Å²) in [5.74, 6) is -0.143. The molecule has 1 atom stereocenters. The summed E-state index contributed by atoms with van der Waals surface area (Å²) in [5.41, 5.74) is 4.33. The fourth-order valence-corrected chi connectivity index (χ4v) is 2.11. The van der Waals surface area contributed by atoms with E-state index in [0.717, 1.165) is 16.8 Å². The second-order valence-electron chi connectivity index (χ2n) is 5.37. The largest absolute Gasteiger partial charge is 0.374 e. The number of benzene rings is 2. The highest BCUT2D eigenvalue weighted by Gasteiger charge is 2.14. The molecule has 0 spiro atoms. The molecule has 0 aliphatic heterocycles. The maximum Gasteiger partial charge on any atom is 0.246 e. The fourth-order valence-electron chi connectivity index (χ4n) is 2.11. The average Bonchev–Trinajstić information content (AvgIpc) is 2.51. The minimum Gasteiger partial charge on any atom is -0.374 e. The second-order valence-corrected chi connectivity index (χ2v) is 5.37. The molecule has 2 rings (SSSR count). The molecular formula is C18H19N3O. The van der Waals surface area contributed by atoms with E-state index in [2.05, 4.69) is 16.7 Å². The standard InChI is InChI=1S/C18H19N3O/c1-12-7-8-13(2)17(9-12)20-14(3)18(22)21-16-6-4-5-15(10-16)11-19/h4-10,14,20H,1-3H3,(H,21,22)/t14-/m1/s1. The predicted molar refractivity (Wildman–Crippen MR) is 88.8 cm³/mol. The van der Waals surface area contributed by atoms with Crippen LogP contribution in [0.3, 0.4) is 0 Å². The molecule has 0 radical (unpaired) electrons. The molecule has 112 valence electrons. The molecule has 0 aromatic heterocycles. The first-order chi connectivity index (χ1) is 10.5. The SMILES string of the molecule is Cc1ccc(C)c(N[C@H](C)C(=O)Nc2cccc(C#N)c2)c1. The van der Waals surface area contributed by atoms with E-state index < -0.39 is 0 Å². The normalized spacial score (nSPS) is 11.4. The van der Waals surface area contributed by atoms with Crippen LogP contribution in [0.25, 0.3) is 0 Å². The minimum atomic E-state index is -0.383. The van der Waals surface area contributed by atoms with E-state index in [9.17, 15) is 4.79 Å². The first kappa shape index (κ1) is 15.6. The Balaban J connectivity index is 2.06. The first-order valence-electron chi connectivity index (χ1n) is 7.14. The lowest BCUT2D eigenvalue weighted by molar-refractivity contribution is -0.116. The third-order valence-electron chi connectivity index (χ3n) is 3.42.